The van der Waals surface area contributed by atoms with Crippen molar-refractivity contribution in [3.63, 3.8) is 0 Å². The van der Waals surface area contributed by atoms with Gasteiger partial charge in [0.25, 0.3) is 0 Å². The van der Waals surface area contributed by atoms with Gasteiger partial charge in [0.2, 0.25) is 5.91 Å². The minimum absolute atomic E-state index is 0.166. The lowest BCUT2D eigenvalue weighted by molar-refractivity contribution is -0.186. The third kappa shape index (κ3) is 3.06. The molecule has 164 valence electrons. The van der Waals surface area contributed by atoms with Crippen LogP contribution < -0.4 is 5.73 Å². The molecule has 0 radical (unpaired) electrons. The van der Waals surface area contributed by atoms with Crippen molar-refractivity contribution in [3.8, 4) is 0 Å². The first kappa shape index (κ1) is 20.5. The van der Waals surface area contributed by atoms with E-state index in [1.807, 2.05) is 0 Å². The third-order valence-electron chi connectivity index (χ3n) is 9.15. The van der Waals surface area contributed by atoms with E-state index in [0.29, 0.717) is 35.2 Å². The van der Waals surface area contributed by atoms with Gasteiger partial charge >= 0.3 is 0 Å². The number of hydrogen-bond donors (Lipinski definition) is 1. The van der Waals surface area contributed by atoms with E-state index < -0.39 is 0 Å². The van der Waals surface area contributed by atoms with Crippen LogP contribution in [0.15, 0.2) is 30.3 Å². The smallest absolute Gasteiger partial charge is 0.229 e. The number of piperidine rings is 1. The number of likely N-dealkylation sites (tertiary alicyclic amines) is 1. The summed E-state index contributed by atoms with van der Waals surface area (Å²) in [5, 5.41) is 0. The lowest BCUT2D eigenvalue weighted by Gasteiger charge is -2.66. The zero-order chi connectivity index (χ0) is 21.3. The summed E-state index contributed by atoms with van der Waals surface area (Å²) in [7, 11) is 0. The summed E-state index contributed by atoms with van der Waals surface area (Å²) in [6, 6.07) is 12.1. The Morgan fingerprint density at radius 3 is 2.43 bits per heavy atom. The van der Waals surface area contributed by atoms with Crippen molar-refractivity contribution in [1.29, 1.82) is 0 Å². The van der Waals surface area contributed by atoms with Crippen LogP contribution in [-0.2, 0) is 10.2 Å². The number of amides is 1. The molecule has 1 amide bonds. The number of nitrogens with zero attached hydrogens (tertiary/aromatic N) is 1. The van der Waals surface area contributed by atoms with Crippen LogP contribution >= 0.6 is 0 Å². The zero-order valence-corrected chi connectivity index (χ0v) is 19.4. The van der Waals surface area contributed by atoms with Crippen molar-refractivity contribution < 1.29 is 4.79 Å². The molecule has 5 aliphatic rings. The Morgan fingerprint density at radius 2 is 1.83 bits per heavy atom. The fraction of sp³-hybridized carbons (Fsp3) is 0.741. The van der Waals surface area contributed by atoms with Crippen LogP contribution in [0.1, 0.15) is 84.6 Å². The Morgan fingerprint density at radius 1 is 1.13 bits per heavy atom. The maximum absolute atomic E-state index is 14.2. The number of fused-ring (bicyclic) bond motifs is 5. The van der Waals surface area contributed by atoms with E-state index in [9.17, 15) is 4.79 Å². The molecule has 4 saturated carbocycles. The van der Waals surface area contributed by atoms with E-state index in [2.05, 4.69) is 62.9 Å². The summed E-state index contributed by atoms with van der Waals surface area (Å²) in [5.41, 5.74) is 7.97. The minimum Gasteiger partial charge on any atom is -0.335 e. The Kier molecular flexibility index (Phi) is 4.67. The lowest BCUT2D eigenvalue weighted by Crippen LogP contribution is -2.73. The van der Waals surface area contributed by atoms with Gasteiger partial charge in [-0.3, -0.25) is 4.79 Å². The zero-order valence-electron chi connectivity index (χ0n) is 19.4. The monoisotopic (exact) mass is 408 g/mol. The topological polar surface area (TPSA) is 46.3 Å². The predicted molar refractivity (Wildman–Crippen MR) is 122 cm³/mol. The molecule has 0 spiro atoms. The molecule has 1 heterocycles. The van der Waals surface area contributed by atoms with Crippen molar-refractivity contribution >= 4 is 5.91 Å². The highest BCUT2D eigenvalue weighted by Gasteiger charge is 2.62. The molecule has 30 heavy (non-hydrogen) atoms. The fourth-order valence-corrected chi connectivity index (χ4v) is 8.55. The molecule has 1 aromatic carbocycles. The predicted octanol–water partition coefficient (Wildman–Crippen LogP) is 5.28. The van der Waals surface area contributed by atoms with Gasteiger partial charge in [-0.15, -0.1) is 0 Å². The van der Waals surface area contributed by atoms with Crippen LogP contribution in [0.2, 0.25) is 0 Å². The highest BCUT2D eigenvalue weighted by atomic mass is 16.2. The Hall–Kier alpha value is -1.35. The quantitative estimate of drug-likeness (QED) is 0.737. The van der Waals surface area contributed by atoms with Gasteiger partial charge in [-0.1, -0.05) is 51.1 Å². The van der Waals surface area contributed by atoms with Crippen molar-refractivity contribution in [2.45, 2.75) is 103 Å². The van der Waals surface area contributed by atoms with Crippen LogP contribution in [0.3, 0.4) is 0 Å². The van der Waals surface area contributed by atoms with Crippen LogP contribution in [0.5, 0.6) is 0 Å². The van der Waals surface area contributed by atoms with Crippen LogP contribution in [-0.4, -0.2) is 28.9 Å². The second kappa shape index (κ2) is 6.82. The largest absolute Gasteiger partial charge is 0.335 e. The maximum Gasteiger partial charge on any atom is 0.229 e. The Bertz CT molecular complexity index is 811. The average Bonchev–Trinajstić information content (AvgIpc) is 2.61. The summed E-state index contributed by atoms with van der Waals surface area (Å²) in [5.74, 6) is 1.75. The van der Waals surface area contributed by atoms with E-state index >= 15 is 0 Å². The average molecular weight is 409 g/mol. The van der Waals surface area contributed by atoms with E-state index in [1.165, 1.54) is 37.7 Å². The molecule has 0 aromatic heterocycles. The highest BCUT2D eigenvalue weighted by Crippen LogP contribution is 2.65. The number of nitrogens with two attached hydrogens (primary N) is 1. The normalized spacial score (nSPS) is 45.7. The van der Waals surface area contributed by atoms with Gasteiger partial charge < -0.3 is 10.6 Å². The molecule has 4 aliphatic carbocycles. The summed E-state index contributed by atoms with van der Waals surface area (Å²) in [6.07, 6.45) is 9.17. The minimum atomic E-state index is -0.270. The number of carbonyl (C=O) groups excluding carboxylic acids is 1. The second-order valence-corrected chi connectivity index (χ2v) is 12.4. The summed E-state index contributed by atoms with van der Waals surface area (Å²) in [6.45, 7) is 9.24. The molecule has 6 unspecified atom stereocenters. The number of carbonyl (C=O) groups is 1. The van der Waals surface area contributed by atoms with Crippen LogP contribution in [0, 0.1) is 22.7 Å². The Labute approximate surface area is 182 Å². The molecule has 3 heteroatoms. The first-order valence-corrected chi connectivity index (χ1v) is 12.3. The molecule has 3 nitrogen and oxygen atoms in total. The van der Waals surface area contributed by atoms with E-state index in [0.717, 1.165) is 19.3 Å². The second-order valence-electron chi connectivity index (χ2n) is 12.4. The van der Waals surface area contributed by atoms with Gasteiger partial charge in [0.1, 0.15) is 0 Å². The van der Waals surface area contributed by atoms with Crippen LogP contribution in [0.4, 0.5) is 0 Å². The SMILES string of the molecule is CC(N)CC1C2CCC2N1C(=O)C1(C)CC(C)C[C@]2(C)C[C@@](c3ccccc3)(C1)C2. The van der Waals surface area contributed by atoms with Crippen molar-refractivity contribution in [2.24, 2.45) is 28.4 Å². The summed E-state index contributed by atoms with van der Waals surface area (Å²) in [4.78, 5) is 16.5. The molecule has 1 aliphatic heterocycles. The van der Waals surface area contributed by atoms with Gasteiger partial charge in [0.05, 0.1) is 0 Å². The number of rotatable bonds is 4. The fourth-order valence-electron chi connectivity index (χ4n) is 8.55. The van der Waals surface area contributed by atoms with Gasteiger partial charge in [-0.2, -0.15) is 0 Å². The molecule has 6 atom stereocenters. The van der Waals surface area contributed by atoms with E-state index in [1.54, 1.807) is 0 Å². The molecule has 2 bridgehead atoms. The molecule has 1 saturated heterocycles. The highest BCUT2D eigenvalue weighted by molar-refractivity contribution is 5.84. The summed E-state index contributed by atoms with van der Waals surface area (Å²) < 4.78 is 0. The third-order valence-corrected chi connectivity index (χ3v) is 9.15. The van der Waals surface area contributed by atoms with Crippen molar-refractivity contribution in [3.05, 3.63) is 35.9 Å². The van der Waals surface area contributed by atoms with Gasteiger partial charge in [0, 0.05) is 23.5 Å². The van der Waals surface area contributed by atoms with Gasteiger partial charge in [-0.05, 0) is 86.5 Å². The van der Waals surface area contributed by atoms with E-state index in [-0.39, 0.29) is 16.9 Å². The number of benzene rings is 1. The molecule has 6 rings (SSSR count). The van der Waals surface area contributed by atoms with Crippen molar-refractivity contribution in [2.75, 3.05) is 0 Å². The van der Waals surface area contributed by atoms with Crippen molar-refractivity contribution in [1.82, 2.24) is 4.90 Å². The molecular formula is C27H40N2O. The molecular weight excluding hydrogens is 368 g/mol. The first-order chi connectivity index (χ1) is 14.1. The van der Waals surface area contributed by atoms with Crippen LogP contribution in [0.25, 0.3) is 0 Å². The Balaban J connectivity index is 1.46. The number of hydrogen-bond acceptors (Lipinski definition) is 2. The first-order valence-electron chi connectivity index (χ1n) is 12.3. The molecule has 5 fully saturated rings. The molecule has 1 aromatic rings. The lowest BCUT2D eigenvalue weighted by atomic mass is 9.43. The summed E-state index contributed by atoms with van der Waals surface area (Å²) >= 11 is 0. The van der Waals surface area contributed by atoms with Gasteiger partial charge in [-0.25, -0.2) is 0 Å². The van der Waals surface area contributed by atoms with E-state index in [4.69, 9.17) is 5.73 Å². The standard InChI is InChI=1S/C27H40N2O/c1-18-13-25(3)15-27(16-25,20-8-6-5-7-9-20)17-26(4,14-18)24(30)29-22-11-10-21(22)23(29)12-19(2)28/h5-9,18-19,21-23H,10-17,28H2,1-4H3/t18?,19?,21?,22?,23?,25-,26?,27+. The molecule has 2 N–H and O–H groups in total. The maximum atomic E-state index is 14.2. The van der Waals surface area contributed by atoms with Gasteiger partial charge in [0.15, 0.2) is 0 Å².